The van der Waals surface area contributed by atoms with Crippen molar-refractivity contribution in [2.24, 2.45) is 0 Å². The zero-order chi connectivity index (χ0) is 22.1. The number of hydrogen-bond donors (Lipinski definition) is 2. The molecule has 0 unspecified atom stereocenters. The van der Waals surface area contributed by atoms with E-state index in [-0.39, 0.29) is 23.1 Å². The van der Waals surface area contributed by atoms with Crippen molar-refractivity contribution in [1.82, 2.24) is 0 Å². The molecule has 0 heterocycles. The van der Waals surface area contributed by atoms with Crippen molar-refractivity contribution >= 4 is 15.7 Å². The lowest BCUT2D eigenvalue weighted by Crippen LogP contribution is -1.96. The second-order valence-electron chi connectivity index (χ2n) is 6.43. The van der Waals surface area contributed by atoms with Crippen LogP contribution >= 0.6 is 0 Å². The van der Waals surface area contributed by atoms with E-state index in [0.29, 0.717) is 6.42 Å². The van der Waals surface area contributed by atoms with Crippen LogP contribution in [0.1, 0.15) is 23.1 Å². The number of aliphatic hydroxyl groups is 1. The van der Waals surface area contributed by atoms with E-state index >= 15 is 0 Å². The van der Waals surface area contributed by atoms with Gasteiger partial charge in [-0.2, -0.15) is 8.42 Å². The monoisotopic (exact) mass is 432 g/mol. The van der Waals surface area contributed by atoms with E-state index < -0.39 is 10.1 Å². The van der Waals surface area contributed by atoms with Crippen LogP contribution in [0.15, 0.2) is 83.8 Å². The molecule has 0 atom stereocenters. The lowest BCUT2D eigenvalue weighted by Gasteiger charge is -2.08. The van der Waals surface area contributed by atoms with Crippen molar-refractivity contribution in [3.8, 4) is 0 Å². The minimum atomic E-state index is -4.02. The molecule has 158 valence electrons. The maximum Gasteiger partial charge on any atom is 0.294 e. The van der Waals surface area contributed by atoms with Gasteiger partial charge in [0.25, 0.3) is 10.1 Å². The standard InChI is InChI=1S/C16H14F2O.C7H8O3S/c17-14-7-3-12(4-8-14)16(2-1-11-19)13-5-9-15(18)10-6-13;1-6-2-4-7(5-3-6)11(8,9)10/h2-10,19H,1,11H2;2-5H,1H3,(H,8,9,10). The largest absolute Gasteiger partial charge is 0.396 e. The van der Waals surface area contributed by atoms with Crippen molar-refractivity contribution in [2.75, 3.05) is 6.61 Å². The van der Waals surface area contributed by atoms with Gasteiger partial charge in [-0.3, -0.25) is 4.55 Å². The quantitative estimate of drug-likeness (QED) is 0.555. The molecule has 0 saturated heterocycles. The van der Waals surface area contributed by atoms with Gasteiger partial charge in [-0.05, 0) is 66.4 Å². The van der Waals surface area contributed by atoms with Crippen molar-refractivity contribution < 1.29 is 26.9 Å². The topological polar surface area (TPSA) is 74.6 Å². The highest BCUT2D eigenvalue weighted by molar-refractivity contribution is 7.85. The molecular formula is C23H22F2O4S. The average molecular weight is 432 g/mol. The molecule has 2 N–H and O–H groups in total. The normalized spacial score (nSPS) is 10.7. The lowest BCUT2D eigenvalue weighted by atomic mass is 9.97. The summed E-state index contributed by atoms with van der Waals surface area (Å²) < 4.78 is 55.4. The Morgan fingerprint density at radius 2 is 1.27 bits per heavy atom. The number of halogens is 2. The molecule has 0 fully saturated rings. The SMILES string of the molecule is Cc1ccc(S(=O)(=O)O)cc1.OCCC=C(c1ccc(F)cc1)c1ccc(F)cc1. The summed E-state index contributed by atoms with van der Waals surface area (Å²) in [4.78, 5) is -0.0666. The Hall–Kier alpha value is -2.87. The first kappa shape index (κ1) is 23.4. The first-order valence-corrected chi connectivity index (χ1v) is 10.5. The van der Waals surface area contributed by atoms with Gasteiger partial charge >= 0.3 is 0 Å². The Bertz CT molecular complexity index is 1030. The van der Waals surface area contributed by atoms with E-state index in [1.165, 1.54) is 36.4 Å². The Morgan fingerprint density at radius 3 is 1.63 bits per heavy atom. The van der Waals surface area contributed by atoms with Crippen LogP contribution < -0.4 is 0 Å². The number of rotatable bonds is 5. The molecule has 3 rings (SSSR count). The molecule has 3 aromatic rings. The highest BCUT2D eigenvalue weighted by Crippen LogP contribution is 2.24. The van der Waals surface area contributed by atoms with E-state index in [4.69, 9.17) is 9.66 Å². The third kappa shape index (κ3) is 7.18. The summed E-state index contributed by atoms with van der Waals surface area (Å²) in [6.07, 6.45) is 2.35. The minimum Gasteiger partial charge on any atom is -0.396 e. The van der Waals surface area contributed by atoms with Gasteiger partial charge in [0, 0.05) is 6.61 Å². The molecule has 4 nitrogen and oxygen atoms in total. The fraction of sp³-hybridized carbons (Fsp3) is 0.130. The molecule has 0 aliphatic heterocycles. The summed E-state index contributed by atoms with van der Waals surface area (Å²) in [6.45, 7) is 1.87. The number of hydrogen-bond acceptors (Lipinski definition) is 3. The van der Waals surface area contributed by atoms with Crippen molar-refractivity contribution in [3.05, 3.63) is 107 Å². The molecule has 0 aromatic heterocycles. The van der Waals surface area contributed by atoms with Gasteiger partial charge in [-0.1, -0.05) is 48.0 Å². The third-order valence-electron chi connectivity index (χ3n) is 4.11. The Labute approximate surface area is 174 Å². The minimum absolute atomic E-state index is 0.0336. The van der Waals surface area contributed by atoms with Crippen LogP contribution in [-0.4, -0.2) is 24.7 Å². The van der Waals surface area contributed by atoms with Crippen LogP contribution in [0.25, 0.3) is 5.57 Å². The molecule has 0 radical (unpaired) electrons. The molecule has 7 heteroatoms. The lowest BCUT2D eigenvalue weighted by molar-refractivity contribution is 0.303. The van der Waals surface area contributed by atoms with Crippen LogP contribution in [0.2, 0.25) is 0 Å². The zero-order valence-corrected chi connectivity index (χ0v) is 17.1. The van der Waals surface area contributed by atoms with Crippen LogP contribution in [0.3, 0.4) is 0 Å². The van der Waals surface area contributed by atoms with Gasteiger partial charge in [-0.15, -0.1) is 0 Å². The van der Waals surface area contributed by atoms with E-state index in [9.17, 15) is 17.2 Å². The average Bonchev–Trinajstić information content (AvgIpc) is 2.71. The first-order valence-electron chi connectivity index (χ1n) is 9.08. The zero-order valence-electron chi connectivity index (χ0n) is 16.3. The maximum atomic E-state index is 12.9. The summed E-state index contributed by atoms with van der Waals surface area (Å²) in [6, 6.07) is 18.2. The molecule has 0 aliphatic rings. The van der Waals surface area contributed by atoms with Gasteiger partial charge in [0.2, 0.25) is 0 Å². The van der Waals surface area contributed by atoms with Gasteiger partial charge in [-0.25, -0.2) is 8.78 Å². The highest BCUT2D eigenvalue weighted by atomic mass is 32.2. The molecule has 30 heavy (non-hydrogen) atoms. The molecule has 3 aromatic carbocycles. The van der Waals surface area contributed by atoms with E-state index in [2.05, 4.69) is 0 Å². The predicted octanol–water partition coefficient (Wildman–Crippen LogP) is 5.02. The first-order chi connectivity index (χ1) is 14.2. The van der Waals surface area contributed by atoms with Gasteiger partial charge in [0.15, 0.2) is 0 Å². The van der Waals surface area contributed by atoms with E-state index in [0.717, 1.165) is 22.3 Å². The summed E-state index contributed by atoms with van der Waals surface area (Å²) >= 11 is 0. The fourth-order valence-electron chi connectivity index (χ4n) is 2.58. The van der Waals surface area contributed by atoms with Crippen LogP contribution in [0.4, 0.5) is 8.78 Å². The Morgan fingerprint density at radius 1 is 0.833 bits per heavy atom. The summed E-state index contributed by atoms with van der Waals surface area (Å²) in [5.41, 5.74) is 3.48. The molecule has 0 aliphatic carbocycles. The Kier molecular flexibility index (Phi) is 8.41. The van der Waals surface area contributed by atoms with E-state index in [1.54, 1.807) is 36.4 Å². The van der Waals surface area contributed by atoms with Gasteiger partial charge in [0.05, 0.1) is 4.90 Å². The molecular weight excluding hydrogens is 410 g/mol. The molecule has 0 spiro atoms. The second-order valence-corrected chi connectivity index (χ2v) is 7.85. The van der Waals surface area contributed by atoms with Crippen LogP contribution in [0, 0.1) is 18.6 Å². The predicted molar refractivity (Wildman–Crippen MR) is 113 cm³/mol. The summed E-state index contributed by atoms with van der Waals surface area (Å²) in [5, 5.41) is 8.93. The Balaban J connectivity index is 0.000000248. The fourth-order valence-corrected chi connectivity index (χ4v) is 3.06. The molecule has 0 bridgehead atoms. The molecule has 0 saturated carbocycles. The van der Waals surface area contributed by atoms with Crippen LogP contribution in [-0.2, 0) is 10.1 Å². The highest BCUT2D eigenvalue weighted by Gasteiger charge is 2.07. The summed E-state index contributed by atoms with van der Waals surface area (Å²) in [5.74, 6) is -0.603. The molecule has 0 amide bonds. The van der Waals surface area contributed by atoms with Crippen LogP contribution in [0.5, 0.6) is 0 Å². The van der Waals surface area contributed by atoms with Crippen molar-refractivity contribution in [3.63, 3.8) is 0 Å². The number of aryl methyl sites for hydroxylation is 1. The van der Waals surface area contributed by atoms with Crippen molar-refractivity contribution in [2.45, 2.75) is 18.2 Å². The van der Waals surface area contributed by atoms with Gasteiger partial charge < -0.3 is 5.11 Å². The van der Waals surface area contributed by atoms with Crippen molar-refractivity contribution in [1.29, 1.82) is 0 Å². The number of aliphatic hydroxyl groups excluding tert-OH is 1. The summed E-state index contributed by atoms with van der Waals surface area (Å²) in [7, 11) is -4.02. The third-order valence-corrected chi connectivity index (χ3v) is 4.97. The van der Waals surface area contributed by atoms with Gasteiger partial charge in [0.1, 0.15) is 11.6 Å². The van der Waals surface area contributed by atoms with E-state index in [1.807, 2.05) is 13.0 Å². The second kappa shape index (κ2) is 10.8. The maximum absolute atomic E-state index is 12.9. The smallest absolute Gasteiger partial charge is 0.294 e. The number of benzene rings is 3.